The zero-order valence-corrected chi connectivity index (χ0v) is 15.4. The minimum Gasteiger partial charge on any atom is -0.497 e. The maximum Gasteiger partial charge on any atom is 0.201 e. The molecule has 0 amide bonds. The van der Waals surface area contributed by atoms with E-state index in [2.05, 4.69) is 5.32 Å². The van der Waals surface area contributed by atoms with Crippen molar-refractivity contribution in [1.29, 1.82) is 0 Å². The minimum absolute atomic E-state index is 0.321. The maximum atomic E-state index is 13.4. The molecular weight excluding hydrogens is 365 g/mol. The third-order valence-corrected chi connectivity index (χ3v) is 5.99. The molecule has 3 atom stereocenters. The lowest BCUT2D eigenvalue weighted by molar-refractivity contribution is 0.267. The van der Waals surface area contributed by atoms with Gasteiger partial charge in [0, 0.05) is 5.69 Å². The summed E-state index contributed by atoms with van der Waals surface area (Å²) in [6.07, 6.45) is 0. The Morgan fingerprint density at radius 1 is 1.04 bits per heavy atom. The van der Waals surface area contributed by atoms with E-state index in [0.717, 1.165) is 17.0 Å². The predicted molar refractivity (Wildman–Crippen MR) is 103 cm³/mol. The molecule has 0 fully saturated rings. The second-order valence-corrected chi connectivity index (χ2v) is 7.63. The van der Waals surface area contributed by atoms with E-state index in [-0.39, 0.29) is 5.82 Å². The lowest BCUT2D eigenvalue weighted by atomic mass is 10.1. The van der Waals surface area contributed by atoms with Crippen LogP contribution < -0.4 is 14.8 Å². The molecule has 3 aromatic carbocycles. The molecule has 0 aliphatic carbocycles. The third-order valence-electron chi connectivity index (χ3n) is 4.43. The Hall–Kier alpha value is -2.86. The van der Waals surface area contributed by atoms with Crippen LogP contribution in [0.4, 0.5) is 10.1 Å². The molecule has 0 bridgehead atoms. The summed E-state index contributed by atoms with van der Waals surface area (Å²) >= 11 is 0. The van der Waals surface area contributed by atoms with Crippen molar-refractivity contribution >= 4 is 16.5 Å². The van der Waals surface area contributed by atoms with Crippen molar-refractivity contribution in [3.05, 3.63) is 84.2 Å². The van der Waals surface area contributed by atoms with Crippen LogP contribution in [0.1, 0.15) is 11.6 Å². The monoisotopic (exact) mass is 383 g/mol. The van der Waals surface area contributed by atoms with E-state index in [4.69, 9.17) is 9.47 Å². The van der Waals surface area contributed by atoms with Gasteiger partial charge in [0.1, 0.15) is 34.2 Å². The van der Waals surface area contributed by atoms with E-state index in [0.29, 0.717) is 10.6 Å². The number of methoxy groups -OCH3 is 1. The Balaban J connectivity index is 1.68. The highest BCUT2D eigenvalue weighted by molar-refractivity contribution is 7.86. The molecule has 0 saturated heterocycles. The molecule has 0 unspecified atom stereocenters. The molecule has 1 aliphatic heterocycles. The van der Waals surface area contributed by atoms with Gasteiger partial charge in [-0.1, -0.05) is 24.3 Å². The van der Waals surface area contributed by atoms with Crippen molar-refractivity contribution in [2.24, 2.45) is 0 Å². The average Bonchev–Trinajstić information content (AvgIpc) is 3.04. The van der Waals surface area contributed by atoms with Crippen molar-refractivity contribution < 1.29 is 18.1 Å². The Morgan fingerprint density at radius 3 is 2.41 bits per heavy atom. The van der Waals surface area contributed by atoms with Crippen LogP contribution in [0.3, 0.4) is 0 Å². The summed E-state index contributed by atoms with van der Waals surface area (Å²) in [6, 6.07) is 20.5. The highest BCUT2D eigenvalue weighted by Gasteiger charge is 2.38. The van der Waals surface area contributed by atoms with Gasteiger partial charge in [-0.05, 0) is 54.1 Å². The first-order chi connectivity index (χ1) is 13.2. The van der Waals surface area contributed by atoms with E-state index in [1.807, 2.05) is 42.5 Å². The number of anilines is 1. The molecule has 4 rings (SSSR count). The number of nitrogens with one attached hydrogen (secondary N) is 1. The van der Waals surface area contributed by atoms with Crippen molar-refractivity contribution in [3.63, 3.8) is 0 Å². The second-order valence-electron chi connectivity index (χ2n) is 6.13. The lowest BCUT2D eigenvalue weighted by Crippen LogP contribution is -2.31. The number of hydrogen-bond donors (Lipinski definition) is 1. The van der Waals surface area contributed by atoms with Gasteiger partial charge in [0.05, 0.1) is 12.0 Å². The van der Waals surface area contributed by atoms with Crippen molar-refractivity contribution in [3.8, 4) is 11.5 Å². The number of hydrogen-bond acceptors (Lipinski definition) is 4. The van der Waals surface area contributed by atoms with E-state index in [9.17, 15) is 8.60 Å². The normalized spacial score (nSPS) is 19.0. The zero-order chi connectivity index (χ0) is 18.8. The van der Waals surface area contributed by atoms with Gasteiger partial charge in [-0.25, -0.2) is 4.39 Å². The highest BCUT2D eigenvalue weighted by Crippen LogP contribution is 2.39. The van der Waals surface area contributed by atoms with Crippen LogP contribution in [-0.2, 0) is 10.8 Å². The van der Waals surface area contributed by atoms with Gasteiger partial charge in [-0.3, -0.25) is 4.21 Å². The van der Waals surface area contributed by atoms with E-state index in [1.165, 1.54) is 12.1 Å². The van der Waals surface area contributed by atoms with E-state index < -0.39 is 22.3 Å². The van der Waals surface area contributed by atoms with Crippen LogP contribution in [0.15, 0.2) is 77.7 Å². The number of fused-ring (bicyclic) bond motifs is 1. The Kier molecular flexibility index (Phi) is 4.81. The maximum absolute atomic E-state index is 13.4. The average molecular weight is 383 g/mol. The van der Waals surface area contributed by atoms with E-state index >= 15 is 0 Å². The molecule has 138 valence electrons. The summed E-state index contributed by atoms with van der Waals surface area (Å²) in [7, 11) is 0.253. The number of ether oxygens (including phenoxy) is 2. The van der Waals surface area contributed by atoms with Crippen LogP contribution in [0.2, 0.25) is 0 Å². The minimum atomic E-state index is -1.35. The molecule has 27 heavy (non-hydrogen) atoms. The number of halogens is 1. The first-order valence-electron chi connectivity index (χ1n) is 8.48. The highest BCUT2D eigenvalue weighted by atomic mass is 32.2. The molecule has 0 spiro atoms. The van der Waals surface area contributed by atoms with Crippen LogP contribution in [-0.4, -0.2) is 16.8 Å². The Labute approximate surface area is 159 Å². The summed E-state index contributed by atoms with van der Waals surface area (Å²) in [5.74, 6) is 1.04. The molecule has 1 aliphatic rings. The molecule has 0 aromatic heterocycles. The number of benzene rings is 3. The topological polar surface area (TPSA) is 47.6 Å². The standard InChI is InChI=1S/C21H18FNO3S/c1-25-17-12-10-16(11-13-17)23-20(14-6-8-15(22)9-7-14)21-26-18-4-2-3-5-19(18)27(21)24/h2-13,20-21,23H,1H3/t20-,21+,27-/m0/s1. The van der Waals surface area contributed by atoms with Gasteiger partial charge >= 0.3 is 0 Å². The number of rotatable bonds is 5. The summed E-state index contributed by atoms with van der Waals surface area (Å²) in [6.45, 7) is 0. The summed E-state index contributed by atoms with van der Waals surface area (Å²) < 4.78 is 37.6. The van der Waals surface area contributed by atoms with Gasteiger partial charge in [0.15, 0.2) is 0 Å². The predicted octanol–water partition coefficient (Wildman–Crippen LogP) is 4.51. The molecule has 1 heterocycles. The van der Waals surface area contributed by atoms with Gasteiger partial charge in [0.2, 0.25) is 5.44 Å². The summed E-state index contributed by atoms with van der Waals surface area (Å²) in [4.78, 5) is 0.672. The molecule has 4 nitrogen and oxygen atoms in total. The molecular formula is C21H18FNO3S. The van der Waals surface area contributed by atoms with Crippen LogP contribution in [0, 0.1) is 5.82 Å². The van der Waals surface area contributed by atoms with Gasteiger partial charge in [-0.15, -0.1) is 0 Å². The lowest BCUT2D eigenvalue weighted by Gasteiger charge is -2.25. The van der Waals surface area contributed by atoms with Crippen molar-refractivity contribution in [1.82, 2.24) is 0 Å². The Bertz CT molecular complexity index is 960. The second kappa shape index (κ2) is 7.40. The van der Waals surface area contributed by atoms with Gasteiger partial charge in [0.25, 0.3) is 0 Å². The first-order valence-corrected chi connectivity index (χ1v) is 9.69. The van der Waals surface area contributed by atoms with Gasteiger partial charge in [-0.2, -0.15) is 0 Å². The molecule has 1 N–H and O–H groups in total. The smallest absolute Gasteiger partial charge is 0.201 e. The Morgan fingerprint density at radius 2 is 1.74 bits per heavy atom. The molecule has 6 heteroatoms. The van der Waals surface area contributed by atoms with Crippen molar-refractivity contribution in [2.45, 2.75) is 16.4 Å². The largest absolute Gasteiger partial charge is 0.497 e. The summed E-state index contributed by atoms with van der Waals surface area (Å²) in [5.41, 5.74) is 0.981. The first kappa shape index (κ1) is 17.5. The third kappa shape index (κ3) is 3.53. The fraction of sp³-hybridized carbons (Fsp3) is 0.143. The fourth-order valence-corrected chi connectivity index (χ4v) is 4.49. The van der Waals surface area contributed by atoms with Gasteiger partial charge < -0.3 is 14.8 Å². The van der Waals surface area contributed by atoms with Crippen LogP contribution >= 0.6 is 0 Å². The van der Waals surface area contributed by atoms with Crippen LogP contribution in [0.5, 0.6) is 11.5 Å². The molecule has 0 radical (unpaired) electrons. The van der Waals surface area contributed by atoms with E-state index in [1.54, 1.807) is 25.3 Å². The van der Waals surface area contributed by atoms with Crippen molar-refractivity contribution in [2.75, 3.05) is 12.4 Å². The summed E-state index contributed by atoms with van der Waals surface area (Å²) in [5, 5.41) is 3.38. The molecule has 3 aromatic rings. The SMILES string of the molecule is COc1ccc(N[C@@H](c2ccc(F)cc2)[C@@H]2Oc3ccccc3[S@@]2=O)cc1. The quantitative estimate of drug-likeness (QED) is 0.704. The number of para-hydroxylation sites is 1. The molecule has 0 saturated carbocycles. The fourth-order valence-electron chi connectivity index (χ4n) is 3.04. The zero-order valence-electron chi connectivity index (χ0n) is 14.6. The van der Waals surface area contributed by atoms with Crippen LogP contribution in [0.25, 0.3) is 0 Å².